The molecule has 0 unspecified atom stereocenters. The molecule has 4 heteroatoms. The second-order valence-corrected chi connectivity index (χ2v) is 5.99. The lowest BCUT2D eigenvalue weighted by atomic mass is 10.1. The number of pyridine rings is 1. The molecule has 2 heterocycles. The molecule has 0 saturated heterocycles. The molecule has 0 bridgehead atoms. The van der Waals surface area contributed by atoms with Crippen LogP contribution < -0.4 is 5.32 Å². The number of aromatic nitrogens is 2. The molecule has 0 radical (unpaired) electrons. The summed E-state index contributed by atoms with van der Waals surface area (Å²) in [5.74, 6) is 0.609. The molecule has 2 aromatic heterocycles. The van der Waals surface area contributed by atoms with Crippen LogP contribution in [0.2, 0.25) is 0 Å². The molecule has 0 aliphatic heterocycles. The van der Waals surface area contributed by atoms with E-state index in [-0.39, 0.29) is 5.82 Å². The van der Waals surface area contributed by atoms with Crippen molar-refractivity contribution in [3.63, 3.8) is 0 Å². The Hall–Kier alpha value is -2.36. The highest BCUT2D eigenvalue weighted by Crippen LogP contribution is 2.29. The van der Waals surface area contributed by atoms with E-state index in [9.17, 15) is 4.39 Å². The van der Waals surface area contributed by atoms with E-state index < -0.39 is 0 Å². The Kier molecular flexibility index (Phi) is 4.33. The molecule has 3 aromatic rings. The number of benzene rings is 1. The fourth-order valence-corrected chi connectivity index (χ4v) is 2.97. The van der Waals surface area contributed by atoms with Gasteiger partial charge in [-0.1, -0.05) is 13.3 Å². The van der Waals surface area contributed by atoms with E-state index in [1.165, 1.54) is 11.9 Å². The monoisotopic (exact) mass is 311 g/mol. The lowest BCUT2D eigenvalue weighted by molar-refractivity contribution is 0.625. The maximum Gasteiger partial charge on any atom is 0.139 e. The largest absolute Gasteiger partial charge is 0.347 e. The molecule has 0 saturated carbocycles. The standard InChI is InChI=1S/C19H22FN3/c1-4-5-9-23-10-7-16-17(23)6-8-21-19(16)22-18-13(2)11-15(20)12-14(18)3/h6-8,10-12H,4-5,9H2,1-3H3,(H,21,22). The van der Waals surface area contributed by atoms with Gasteiger partial charge in [0, 0.05) is 30.0 Å². The second-order valence-electron chi connectivity index (χ2n) is 5.99. The number of halogens is 1. The zero-order chi connectivity index (χ0) is 16.4. The second kappa shape index (κ2) is 6.41. The molecule has 3 rings (SSSR count). The average Bonchev–Trinajstić information content (AvgIpc) is 2.92. The Morgan fingerprint density at radius 3 is 2.61 bits per heavy atom. The predicted octanol–water partition coefficient (Wildman–Crippen LogP) is 5.34. The fraction of sp³-hybridized carbons (Fsp3) is 0.316. The maximum absolute atomic E-state index is 13.5. The van der Waals surface area contributed by atoms with Crippen LogP contribution in [0.4, 0.5) is 15.9 Å². The van der Waals surface area contributed by atoms with Crippen LogP contribution in [0.5, 0.6) is 0 Å². The van der Waals surface area contributed by atoms with Crippen molar-refractivity contribution >= 4 is 22.4 Å². The van der Waals surface area contributed by atoms with E-state index >= 15 is 0 Å². The molecular formula is C19H22FN3. The Morgan fingerprint density at radius 2 is 1.91 bits per heavy atom. The first-order chi connectivity index (χ1) is 11.1. The summed E-state index contributed by atoms with van der Waals surface area (Å²) in [6, 6.07) is 7.22. The lowest BCUT2D eigenvalue weighted by Crippen LogP contribution is -2.00. The highest BCUT2D eigenvalue weighted by Gasteiger charge is 2.10. The van der Waals surface area contributed by atoms with Gasteiger partial charge in [-0.2, -0.15) is 0 Å². The minimum atomic E-state index is -0.206. The third kappa shape index (κ3) is 3.07. The molecule has 0 fully saturated rings. The van der Waals surface area contributed by atoms with Crippen LogP contribution in [0, 0.1) is 19.7 Å². The van der Waals surface area contributed by atoms with Crippen LogP contribution >= 0.6 is 0 Å². The molecule has 0 amide bonds. The molecule has 23 heavy (non-hydrogen) atoms. The molecule has 0 aliphatic rings. The van der Waals surface area contributed by atoms with E-state index in [1.54, 1.807) is 12.1 Å². The summed E-state index contributed by atoms with van der Waals surface area (Å²) in [5.41, 5.74) is 3.86. The van der Waals surface area contributed by atoms with Gasteiger partial charge in [0.05, 0.1) is 5.52 Å². The minimum Gasteiger partial charge on any atom is -0.347 e. The Morgan fingerprint density at radius 1 is 1.17 bits per heavy atom. The first kappa shape index (κ1) is 15.5. The third-order valence-electron chi connectivity index (χ3n) is 4.19. The maximum atomic E-state index is 13.5. The number of anilines is 2. The van der Waals surface area contributed by atoms with E-state index in [0.29, 0.717) is 0 Å². The lowest BCUT2D eigenvalue weighted by Gasteiger charge is -2.13. The topological polar surface area (TPSA) is 29.9 Å². The Bertz CT molecular complexity index is 813. The Labute approximate surface area is 136 Å². The molecule has 3 nitrogen and oxygen atoms in total. The van der Waals surface area contributed by atoms with Gasteiger partial charge < -0.3 is 9.88 Å². The van der Waals surface area contributed by atoms with Gasteiger partial charge >= 0.3 is 0 Å². The van der Waals surface area contributed by atoms with Gasteiger partial charge in [-0.25, -0.2) is 9.37 Å². The van der Waals surface area contributed by atoms with Crippen molar-refractivity contribution in [2.24, 2.45) is 0 Å². The van der Waals surface area contributed by atoms with Crippen LogP contribution in [-0.4, -0.2) is 9.55 Å². The molecule has 120 valence electrons. The number of fused-ring (bicyclic) bond motifs is 1. The number of aryl methyl sites for hydroxylation is 3. The molecule has 1 N–H and O–H groups in total. The van der Waals surface area contributed by atoms with Crippen molar-refractivity contribution in [3.8, 4) is 0 Å². The quantitative estimate of drug-likeness (QED) is 0.689. The number of hydrogen-bond donors (Lipinski definition) is 1. The third-order valence-corrected chi connectivity index (χ3v) is 4.19. The SMILES string of the molecule is CCCCn1ccc2c(Nc3c(C)cc(F)cc3C)nccc21. The molecule has 0 spiro atoms. The summed E-state index contributed by atoms with van der Waals surface area (Å²) in [4.78, 5) is 4.48. The number of unbranched alkanes of at least 4 members (excludes halogenated alkanes) is 1. The highest BCUT2D eigenvalue weighted by atomic mass is 19.1. The van der Waals surface area contributed by atoms with Crippen LogP contribution in [-0.2, 0) is 6.54 Å². The van der Waals surface area contributed by atoms with Gasteiger partial charge in [-0.3, -0.25) is 0 Å². The summed E-state index contributed by atoms with van der Waals surface area (Å²) in [5, 5.41) is 4.48. The van der Waals surface area contributed by atoms with Gasteiger partial charge in [-0.15, -0.1) is 0 Å². The van der Waals surface area contributed by atoms with Crippen molar-refractivity contribution in [3.05, 3.63) is 53.6 Å². The van der Waals surface area contributed by atoms with Crippen LogP contribution in [0.3, 0.4) is 0 Å². The highest BCUT2D eigenvalue weighted by molar-refractivity contribution is 5.92. The summed E-state index contributed by atoms with van der Waals surface area (Å²) in [6.07, 6.45) is 6.26. The van der Waals surface area contributed by atoms with Crippen molar-refractivity contribution < 1.29 is 4.39 Å². The van der Waals surface area contributed by atoms with Gasteiger partial charge in [0.25, 0.3) is 0 Å². The van der Waals surface area contributed by atoms with Crippen molar-refractivity contribution in [2.45, 2.75) is 40.2 Å². The summed E-state index contributed by atoms with van der Waals surface area (Å²) < 4.78 is 15.7. The fourth-order valence-electron chi connectivity index (χ4n) is 2.97. The first-order valence-electron chi connectivity index (χ1n) is 8.07. The van der Waals surface area contributed by atoms with Crippen LogP contribution in [0.25, 0.3) is 10.9 Å². The van der Waals surface area contributed by atoms with Crippen LogP contribution in [0.1, 0.15) is 30.9 Å². The number of nitrogens with zero attached hydrogens (tertiary/aromatic N) is 2. The predicted molar refractivity (Wildman–Crippen MR) is 93.8 cm³/mol. The summed E-state index contributed by atoms with van der Waals surface area (Å²) >= 11 is 0. The van der Waals surface area contributed by atoms with Gasteiger partial charge in [0.1, 0.15) is 11.6 Å². The zero-order valence-corrected chi connectivity index (χ0v) is 13.9. The van der Waals surface area contributed by atoms with Crippen molar-refractivity contribution in [2.75, 3.05) is 5.32 Å². The smallest absolute Gasteiger partial charge is 0.139 e. The Balaban J connectivity index is 2.00. The van der Waals surface area contributed by atoms with E-state index in [2.05, 4.69) is 34.1 Å². The molecule has 0 aliphatic carbocycles. The zero-order valence-electron chi connectivity index (χ0n) is 13.9. The molecule has 0 atom stereocenters. The average molecular weight is 311 g/mol. The van der Waals surface area contributed by atoms with E-state index in [4.69, 9.17) is 0 Å². The van der Waals surface area contributed by atoms with Gasteiger partial charge in [-0.05, 0) is 55.7 Å². The number of nitrogens with one attached hydrogen (secondary N) is 1. The minimum absolute atomic E-state index is 0.206. The van der Waals surface area contributed by atoms with Crippen LogP contribution in [0.15, 0.2) is 36.7 Å². The molecule has 1 aromatic carbocycles. The van der Waals surface area contributed by atoms with E-state index in [0.717, 1.165) is 41.0 Å². The molecular weight excluding hydrogens is 289 g/mol. The van der Waals surface area contributed by atoms with Gasteiger partial charge in [0.15, 0.2) is 0 Å². The first-order valence-corrected chi connectivity index (χ1v) is 8.07. The summed E-state index contributed by atoms with van der Waals surface area (Å²) in [7, 11) is 0. The number of hydrogen-bond acceptors (Lipinski definition) is 2. The van der Waals surface area contributed by atoms with Gasteiger partial charge in [0.2, 0.25) is 0 Å². The van der Waals surface area contributed by atoms with Crippen molar-refractivity contribution in [1.29, 1.82) is 0 Å². The van der Waals surface area contributed by atoms with E-state index in [1.807, 2.05) is 26.1 Å². The van der Waals surface area contributed by atoms with Crippen molar-refractivity contribution in [1.82, 2.24) is 9.55 Å². The normalized spacial score (nSPS) is 11.1. The number of rotatable bonds is 5. The summed E-state index contributed by atoms with van der Waals surface area (Å²) in [6.45, 7) is 7.02.